The average Bonchev–Trinajstić information content (AvgIpc) is 3.15. The highest BCUT2D eigenvalue weighted by molar-refractivity contribution is 7.89. The fourth-order valence-corrected chi connectivity index (χ4v) is 6.31. The summed E-state index contributed by atoms with van der Waals surface area (Å²) in [5.74, 6) is 0.496. The van der Waals surface area contributed by atoms with Crippen LogP contribution in [0.15, 0.2) is 77.7 Å². The number of fused-ring (bicyclic) bond motifs is 2. The Hall–Kier alpha value is -2.65. The zero-order valence-corrected chi connectivity index (χ0v) is 19.6. The Morgan fingerprint density at radius 3 is 2.48 bits per heavy atom. The van der Waals surface area contributed by atoms with Crippen molar-refractivity contribution in [1.82, 2.24) is 4.72 Å². The molecule has 4 aromatic rings. The highest BCUT2D eigenvalue weighted by Crippen LogP contribution is 2.38. The van der Waals surface area contributed by atoms with Crippen LogP contribution in [-0.2, 0) is 10.0 Å². The molecule has 170 valence electrons. The second-order valence-corrected chi connectivity index (χ2v) is 10.8. The van der Waals surface area contributed by atoms with E-state index in [4.69, 9.17) is 21.1 Å². The monoisotopic (exact) mass is 503 g/mol. The summed E-state index contributed by atoms with van der Waals surface area (Å²) < 4.78 is 55.1. The van der Waals surface area contributed by atoms with Crippen LogP contribution in [0.5, 0.6) is 11.5 Å². The fraction of sp³-hybridized carbons (Fsp3) is 0.167. The summed E-state index contributed by atoms with van der Waals surface area (Å²) >= 11 is 7.97. The van der Waals surface area contributed by atoms with Gasteiger partial charge in [-0.2, -0.15) is 4.72 Å². The molecule has 0 aliphatic carbocycles. The van der Waals surface area contributed by atoms with Crippen LogP contribution < -0.4 is 14.2 Å². The van der Waals surface area contributed by atoms with Crippen LogP contribution in [0.3, 0.4) is 0 Å². The summed E-state index contributed by atoms with van der Waals surface area (Å²) in [4.78, 5) is 0.794. The third-order valence-electron chi connectivity index (χ3n) is 5.28. The molecule has 0 spiro atoms. The molecule has 1 aliphatic rings. The maximum absolute atomic E-state index is 13.6. The standard InChI is InChI=1S/C24H19ClFNO4S2/c25-19-7-3-2-6-18(19)24(23-11-15-5-1-4-8-22(15)32-23)27-33(28,29)17-9-10-20-21(12-17)31-14-16(26)13-30-20/h1-12,16,24,27H,13-14H2. The predicted molar refractivity (Wildman–Crippen MR) is 128 cm³/mol. The van der Waals surface area contributed by atoms with Crippen LogP contribution in [0.4, 0.5) is 4.39 Å². The van der Waals surface area contributed by atoms with E-state index >= 15 is 0 Å². The van der Waals surface area contributed by atoms with Gasteiger partial charge < -0.3 is 9.47 Å². The third kappa shape index (κ3) is 4.56. The van der Waals surface area contributed by atoms with E-state index in [0.29, 0.717) is 16.3 Å². The number of sulfonamides is 1. The Bertz CT molecular complexity index is 1390. The molecule has 1 N–H and O–H groups in total. The van der Waals surface area contributed by atoms with Gasteiger partial charge in [-0.25, -0.2) is 12.8 Å². The number of rotatable bonds is 5. The molecule has 0 saturated carbocycles. The number of halogens is 2. The van der Waals surface area contributed by atoms with Crippen LogP contribution in [0, 0.1) is 0 Å². The van der Waals surface area contributed by atoms with Crippen LogP contribution in [-0.4, -0.2) is 27.8 Å². The molecule has 0 bridgehead atoms. The minimum absolute atomic E-state index is 0.0136. The van der Waals surface area contributed by atoms with E-state index in [0.717, 1.165) is 15.0 Å². The molecule has 5 nitrogen and oxygen atoms in total. The number of hydrogen-bond acceptors (Lipinski definition) is 5. The van der Waals surface area contributed by atoms with Crippen molar-refractivity contribution in [1.29, 1.82) is 0 Å². The molecular formula is C24H19ClFNO4S2. The van der Waals surface area contributed by atoms with Gasteiger partial charge in [-0.1, -0.05) is 48.0 Å². The van der Waals surface area contributed by atoms with Crippen molar-refractivity contribution in [3.63, 3.8) is 0 Å². The summed E-state index contributed by atoms with van der Waals surface area (Å²) in [6, 6.07) is 20.5. The summed E-state index contributed by atoms with van der Waals surface area (Å²) in [7, 11) is -4.00. The van der Waals surface area contributed by atoms with E-state index in [9.17, 15) is 12.8 Å². The van der Waals surface area contributed by atoms with E-state index in [1.54, 1.807) is 18.2 Å². The number of ether oxygens (including phenoxy) is 2. The lowest BCUT2D eigenvalue weighted by atomic mass is 10.1. The van der Waals surface area contributed by atoms with Gasteiger partial charge in [0, 0.05) is 20.7 Å². The minimum atomic E-state index is -4.00. The van der Waals surface area contributed by atoms with Crippen molar-refractivity contribution in [2.75, 3.05) is 13.2 Å². The molecule has 1 aromatic heterocycles. The van der Waals surface area contributed by atoms with Crippen LogP contribution in [0.2, 0.25) is 5.02 Å². The zero-order chi connectivity index (χ0) is 23.0. The van der Waals surface area contributed by atoms with E-state index in [2.05, 4.69) is 4.72 Å². The largest absolute Gasteiger partial charge is 0.487 e. The summed E-state index contributed by atoms with van der Waals surface area (Å²) in [6.07, 6.45) is -1.28. The van der Waals surface area contributed by atoms with Crippen molar-refractivity contribution in [2.45, 2.75) is 17.1 Å². The van der Waals surface area contributed by atoms with Crippen LogP contribution >= 0.6 is 22.9 Å². The summed E-state index contributed by atoms with van der Waals surface area (Å²) in [5, 5.41) is 1.47. The molecule has 0 radical (unpaired) electrons. The molecule has 2 heterocycles. The number of hydrogen-bond donors (Lipinski definition) is 1. The van der Waals surface area contributed by atoms with E-state index in [1.807, 2.05) is 36.4 Å². The first-order valence-electron chi connectivity index (χ1n) is 10.2. The number of thiophene rings is 1. The maximum Gasteiger partial charge on any atom is 0.241 e. The Morgan fingerprint density at radius 1 is 0.970 bits per heavy atom. The second kappa shape index (κ2) is 8.95. The van der Waals surface area contributed by atoms with Gasteiger partial charge in [-0.15, -0.1) is 11.3 Å². The molecule has 0 saturated heterocycles. The fourth-order valence-electron chi connectivity index (χ4n) is 3.65. The lowest BCUT2D eigenvalue weighted by Crippen LogP contribution is -2.29. The second-order valence-electron chi connectivity index (χ2n) is 7.59. The topological polar surface area (TPSA) is 64.6 Å². The number of nitrogens with one attached hydrogen (secondary N) is 1. The van der Waals surface area contributed by atoms with Gasteiger partial charge in [0.25, 0.3) is 0 Å². The molecule has 3 aromatic carbocycles. The van der Waals surface area contributed by atoms with Crippen LogP contribution in [0.1, 0.15) is 16.5 Å². The van der Waals surface area contributed by atoms with Gasteiger partial charge in [0.2, 0.25) is 10.0 Å². The van der Waals surface area contributed by atoms with E-state index < -0.39 is 22.2 Å². The molecule has 1 aliphatic heterocycles. The van der Waals surface area contributed by atoms with Crippen molar-refractivity contribution < 1.29 is 22.3 Å². The molecule has 0 fully saturated rings. The van der Waals surface area contributed by atoms with E-state index in [-0.39, 0.29) is 23.9 Å². The zero-order valence-electron chi connectivity index (χ0n) is 17.2. The van der Waals surface area contributed by atoms with Gasteiger partial charge in [-0.05, 0) is 41.3 Å². The Labute approximate surface area is 199 Å². The molecular weight excluding hydrogens is 485 g/mol. The highest BCUT2D eigenvalue weighted by atomic mass is 35.5. The lowest BCUT2D eigenvalue weighted by Gasteiger charge is -2.20. The van der Waals surface area contributed by atoms with Crippen molar-refractivity contribution in [3.8, 4) is 11.5 Å². The Morgan fingerprint density at radius 2 is 1.70 bits per heavy atom. The van der Waals surface area contributed by atoms with Gasteiger partial charge in [0.05, 0.1) is 10.9 Å². The molecule has 5 rings (SSSR count). The smallest absolute Gasteiger partial charge is 0.241 e. The van der Waals surface area contributed by atoms with Gasteiger partial charge in [0.15, 0.2) is 17.7 Å². The number of alkyl halides is 1. The first-order chi connectivity index (χ1) is 15.9. The quantitative estimate of drug-likeness (QED) is 0.377. The van der Waals surface area contributed by atoms with Gasteiger partial charge >= 0.3 is 0 Å². The normalized spacial score (nSPS) is 17.0. The van der Waals surface area contributed by atoms with Gasteiger partial charge in [0.1, 0.15) is 13.2 Å². The van der Waals surface area contributed by atoms with Crippen LogP contribution in [0.25, 0.3) is 10.1 Å². The van der Waals surface area contributed by atoms with E-state index in [1.165, 1.54) is 29.5 Å². The first-order valence-corrected chi connectivity index (χ1v) is 12.9. The first kappa shape index (κ1) is 22.2. The molecule has 2 atom stereocenters. The summed E-state index contributed by atoms with van der Waals surface area (Å²) in [5.41, 5.74) is 0.643. The molecule has 33 heavy (non-hydrogen) atoms. The third-order valence-corrected chi connectivity index (χ3v) is 8.23. The number of benzene rings is 3. The summed E-state index contributed by atoms with van der Waals surface area (Å²) in [6.45, 7) is -0.341. The molecule has 2 unspecified atom stereocenters. The SMILES string of the molecule is O=S(=O)(NC(c1cc2ccccc2s1)c1ccccc1Cl)c1ccc2c(c1)OCC(F)CO2. The Balaban J connectivity index is 1.55. The molecule has 0 amide bonds. The lowest BCUT2D eigenvalue weighted by molar-refractivity contribution is 0.162. The maximum atomic E-state index is 13.6. The highest BCUT2D eigenvalue weighted by Gasteiger charge is 2.28. The van der Waals surface area contributed by atoms with Crippen molar-refractivity contribution in [3.05, 3.63) is 88.3 Å². The van der Waals surface area contributed by atoms with Crippen molar-refractivity contribution >= 4 is 43.0 Å². The van der Waals surface area contributed by atoms with Crippen molar-refractivity contribution in [2.24, 2.45) is 0 Å². The van der Waals surface area contributed by atoms with Gasteiger partial charge in [-0.3, -0.25) is 0 Å². The minimum Gasteiger partial charge on any atom is -0.487 e. The Kier molecular flexibility index (Phi) is 6.01. The predicted octanol–water partition coefficient (Wildman–Crippen LogP) is 5.73. The average molecular weight is 504 g/mol. The molecule has 9 heteroatoms.